The molecule has 0 spiro atoms. The molecule has 0 bridgehead atoms. The Morgan fingerprint density at radius 1 is 1.33 bits per heavy atom. The Morgan fingerprint density at radius 3 is 2.71 bits per heavy atom. The zero-order valence-electron chi connectivity index (χ0n) is 12.8. The molecule has 1 saturated heterocycles. The number of hydrogen-bond acceptors (Lipinski definition) is 3. The molecular weight excluding hydrogens is 266 g/mol. The smallest absolute Gasteiger partial charge is 0.252 e. The van der Waals surface area contributed by atoms with E-state index in [0.717, 1.165) is 37.9 Å². The average Bonchev–Trinajstić information content (AvgIpc) is 2.54. The van der Waals surface area contributed by atoms with E-state index in [1.54, 1.807) is 25.4 Å². The van der Waals surface area contributed by atoms with Gasteiger partial charge in [-0.2, -0.15) is 0 Å². The number of carbonyl (C=O) groups excluding carboxylic acids is 2. The first-order chi connectivity index (χ1) is 10.1. The molecule has 21 heavy (non-hydrogen) atoms. The van der Waals surface area contributed by atoms with Crippen LogP contribution in [0.15, 0.2) is 18.5 Å². The van der Waals surface area contributed by atoms with Gasteiger partial charge in [0.25, 0.3) is 5.91 Å². The van der Waals surface area contributed by atoms with Crippen molar-refractivity contribution >= 4 is 11.8 Å². The van der Waals surface area contributed by atoms with Crippen molar-refractivity contribution in [1.29, 1.82) is 0 Å². The van der Waals surface area contributed by atoms with E-state index >= 15 is 0 Å². The highest BCUT2D eigenvalue weighted by Gasteiger charge is 2.24. The molecule has 2 heterocycles. The molecule has 5 heteroatoms. The minimum Gasteiger partial charge on any atom is -0.341 e. The van der Waals surface area contributed by atoms with Crippen molar-refractivity contribution in [3.63, 3.8) is 0 Å². The minimum absolute atomic E-state index is 0.00940. The van der Waals surface area contributed by atoms with E-state index in [0.29, 0.717) is 5.56 Å². The molecule has 1 aromatic heterocycles. The summed E-state index contributed by atoms with van der Waals surface area (Å²) in [6.45, 7) is 5.33. The van der Waals surface area contributed by atoms with Crippen molar-refractivity contribution < 1.29 is 9.59 Å². The van der Waals surface area contributed by atoms with Gasteiger partial charge in [-0.25, -0.2) is 0 Å². The van der Waals surface area contributed by atoms with Crippen LogP contribution in [0.2, 0.25) is 0 Å². The lowest BCUT2D eigenvalue weighted by Gasteiger charge is -2.29. The number of hydrogen-bond donors (Lipinski definition) is 1. The second-order valence-electron chi connectivity index (χ2n) is 5.47. The van der Waals surface area contributed by atoms with Crippen LogP contribution in [0.5, 0.6) is 0 Å². The van der Waals surface area contributed by atoms with Gasteiger partial charge in [0.15, 0.2) is 0 Å². The van der Waals surface area contributed by atoms with Gasteiger partial charge in [0.2, 0.25) is 5.91 Å². The summed E-state index contributed by atoms with van der Waals surface area (Å²) in [6.07, 6.45) is 7.33. The van der Waals surface area contributed by atoms with Gasteiger partial charge in [-0.15, -0.1) is 0 Å². The van der Waals surface area contributed by atoms with E-state index in [-0.39, 0.29) is 11.8 Å². The fourth-order valence-electron chi connectivity index (χ4n) is 2.65. The number of amides is 2. The molecule has 1 unspecified atom stereocenters. The predicted molar refractivity (Wildman–Crippen MR) is 81.0 cm³/mol. The van der Waals surface area contributed by atoms with Gasteiger partial charge in [0.05, 0.1) is 0 Å². The maximum absolute atomic E-state index is 12.3. The largest absolute Gasteiger partial charge is 0.341 e. The van der Waals surface area contributed by atoms with Crippen molar-refractivity contribution in [2.45, 2.75) is 45.6 Å². The summed E-state index contributed by atoms with van der Waals surface area (Å²) in [4.78, 5) is 30.5. The lowest BCUT2D eigenvalue weighted by atomic mass is 10.1. The quantitative estimate of drug-likeness (QED) is 0.919. The molecule has 1 atom stereocenters. The molecule has 114 valence electrons. The van der Waals surface area contributed by atoms with Gasteiger partial charge < -0.3 is 10.2 Å². The lowest BCUT2D eigenvalue weighted by Crippen LogP contribution is -2.48. The highest BCUT2D eigenvalue weighted by Crippen LogP contribution is 2.11. The summed E-state index contributed by atoms with van der Waals surface area (Å²) in [5.41, 5.74) is 1.50. The molecule has 1 N–H and O–H groups in total. The van der Waals surface area contributed by atoms with Gasteiger partial charge in [0, 0.05) is 31.0 Å². The fourth-order valence-corrected chi connectivity index (χ4v) is 2.65. The summed E-state index contributed by atoms with van der Waals surface area (Å²) in [6, 6.07) is 1.21. The monoisotopic (exact) mass is 289 g/mol. The van der Waals surface area contributed by atoms with E-state index in [1.807, 2.05) is 11.8 Å². The Balaban J connectivity index is 1.99. The minimum atomic E-state index is -0.492. The molecule has 0 aromatic carbocycles. The number of nitrogens with one attached hydrogen (secondary N) is 1. The standard InChI is InChI=1S/C16H23N3O2/c1-3-13-11-17-8-7-14(13)15(20)18-12(2)16(21)19-9-5-4-6-10-19/h7-8,11-12H,3-6,9-10H2,1-2H3,(H,18,20). The van der Waals surface area contributed by atoms with Gasteiger partial charge in [-0.3, -0.25) is 14.6 Å². The van der Waals surface area contributed by atoms with E-state index < -0.39 is 6.04 Å². The van der Waals surface area contributed by atoms with Crippen molar-refractivity contribution in [1.82, 2.24) is 15.2 Å². The van der Waals surface area contributed by atoms with E-state index in [9.17, 15) is 9.59 Å². The molecular formula is C16H23N3O2. The number of aryl methyl sites for hydroxylation is 1. The van der Waals surface area contributed by atoms with Crippen molar-refractivity contribution in [3.05, 3.63) is 29.6 Å². The number of pyridine rings is 1. The number of nitrogens with zero attached hydrogens (tertiary/aromatic N) is 2. The normalized spacial score (nSPS) is 16.4. The average molecular weight is 289 g/mol. The van der Waals surface area contributed by atoms with Crippen LogP contribution in [0.3, 0.4) is 0 Å². The molecule has 1 fully saturated rings. The maximum Gasteiger partial charge on any atom is 0.252 e. The summed E-state index contributed by atoms with van der Waals surface area (Å²) in [7, 11) is 0. The third-order valence-corrected chi connectivity index (χ3v) is 3.91. The Hall–Kier alpha value is -1.91. The maximum atomic E-state index is 12.3. The molecule has 1 aliphatic rings. The first-order valence-corrected chi connectivity index (χ1v) is 7.66. The van der Waals surface area contributed by atoms with Crippen LogP contribution >= 0.6 is 0 Å². The van der Waals surface area contributed by atoms with Crippen molar-refractivity contribution in [2.75, 3.05) is 13.1 Å². The molecule has 0 radical (unpaired) electrons. The zero-order chi connectivity index (χ0) is 15.2. The van der Waals surface area contributed by atoms with Crippen LogP contribution in [0.25, 0.3) is 0 Å². The second-order valence-corrected chi connectivity index (χ2v) is 5.47. The topological polar surface area (TPSA) is 62.3 Å². The summed E-state index contributed by atoms with van der Waals surface area (Å²) < 4.78 is 0. The molecule has 1 aromatic rings. The molecule has 1 aliphatic heterocycles. The van der Waals surface area contributed by atoms with Gasteiger partial charge in [-0.05, 0) is 44.2 Å². The lowest BCUT2D eigenvalue weighted by molar-refractivity contribution is -0.133. The fraction of sp³-hybridized carbons (Fsp3) is 0.562. The highest BCUT2D eigenvalue weighted by atomic mass is 16.2. The summed E-state index contributed by atoms with van der Waals surface area (Å²) in [5.74, 6) is -0.192. The van der Waals surface area contributed by atoms with Crippen LogP contribution in [-0.2, 0) is 11.2 Å². The van der Waals surface area contributed by atoms with Crippen LogP contribution in [0.4, 0.5) is 0 Å². The molecule has 2 amide bonds. The molecule has 5 nitrogen and oxygen atoms in total. The van der Waals surface area contributed by atoms with Crippen molar-refractivity contribution in [2.24, 2.45) is 0 Å². The van der Waals surface area contributed by atoms with Crippen LogP contribution in [-0.4, -0.2) is 40.8 Å². The number of piperidine rings is 1. The van der Waals surface area contributed by atoms with Crippen LogP contribution < -0.4 is 5.32 Å². The predicted octanol–water partition coefficient (Wildman–Crippen LogP) is 1.77. The Bertz CT molecular complexity index is 510. The van der Waals surface area contributed by atoms with E-state index in [1.165, 1.54) is 6.42 Å². The number of rotatable bonds is 4. The Labute approximate surface area is 125 Å². The second kappa shape index (κ2) is 7.20. The number of aromatic nitrogens is 1. The van der Waals surface area contributed by atoms with E-state index in [4.69, 9.17) is 0 Å². The third-order valence-electron chi connectivity index (χ3n) is 3.91. The SMILES string of the molecule is CCc1cnccc1C(=O)NC(C)C(=O)N1CCCCC1. The van der Waals surface area contributed by atoms with Gasteiger partial charge in [0.1, 0.15) is 6.04 Å². The first kappa shape index (κ1) is 15.5. The third kappa shape index (κ3) is 3.80. The van der Waals surface area contributed by atoms with Gasteiger partial charge in [-0.1, -0.05) is 6.92 Å². The molecule has 0 aliphatic carbocycles. The first-order valence-electron chi connectivity index (χ1n) is 7.66. The highest BCUT2D eigenvalue weighted by molar-refractivity contribution is 5.98. The van der Waals surface area contributed by atoms with Crippen molar-refractivity contribution in [3.8, 4) is 0 Å². The zero-order valence-corrected chi connectivity index (χ0v) is 12.8. The number of likely N-dealkylation sites (tertiary alicyclic amines) is 1. The summed E-state index contributed by atoms with van der Waals surface area (Å²) >= 11 is 0. The molecule has 0 saturated carbocycles. The van der Waals surface area contributed by atoms with E-state index in [2.05, 4.69) is 10.3 Å². The van der Waals surface area contributed by atoms with Crippen LogP contribution in [0, 0.1) is 0 Å². The van der Waals surface area contributed by atoms with Crippen LogP contribution in [0.1, 0.15) is 49.0 Å². The summed E-state index contributed by atoms with van der Waals surface area (Å²) in [5, 5.41) is 2.81. The number of carbonyl (C=O) groups is 2. The molecule has 2 rings (SSSR count). The Kier molecular flexibility index (Phi) is 5.31. The van der Waals surface area contributed by atoms with Gasteiger partial charge >= 0.3 is 0 Å². The Morgan fingerprint density at radius 2 is 2.05 bits per heavy atom.